The number of aromatic nitrogens is 2. The second kappa shape index (κ2) is 8.40. The third-order valence-electron chi connectivity index (χ3n) is 5.60. The summed E-state index contributed by atoms with van der Waals surface area (Å²) < 4.78 is 0. The van der Waals surface area contributed by atoms with E-state index in [1.165, 1.54) is 11.3 Å². The van der Waals surface area contributed by atoms with Crippen molar-refractivity contribution >= 4 is 17.2 Å². The molecule has 0 bridgehead atoms. The number of hydrazine groups is 1. The summed E-state index contributed by atoms with van der Waals surface area (Å²) in [7, 11) is 0. The SMILES string of the molecule is CC(C)(O)CN1CCC(C2=C(c3ccncn3)C(c3ccc(Cl)cc3)NN2)CC1. The average molecular weight is 414 g/mol. The summed E-state index contributed by atoms with van der Waals surface area (Å²) >= 11 is 6.09. The predicted octanol–water partition coefficient (Wildman–Crippen LogP) is 3.17. The largest absolute Gasteiger partial charge is 0.389 e. The van der Waals surface area contributed by atoms with Gasteiger partial charge in [0.2, 0.25) is 0 Å². The highest BCUT2D eigenvalue weighted by atomic mass is 35.5. The van der Waals surface area contributed by atoms with Crippen LogP contribution in [-0.4, -0.2) is 45.2 Å². The standard InChI is InChI=1S/C22H28ClN5O/c1-22(2,29)13-28-11-8-16(9-12-28)21-19(18-7-10-24-14-25-18)20(26-27-21)15-3-5-17(23)6-4-15/h3-7,10,14,16,20,26-27,29H,8-9,11-13H2,1-2H3. The number of rotatable bonds is 5. The highest BCUT2D eigenvalue weighted by molar-refractivity contribution is 6.30. The van der Waals surface area contributed by atoms with Crippen LogP contribution < -0.4 is 10.9 Å². The minimum atomic E-state index is -0.662. The Labute approximate surface area is 177 Å². The molecule has 3 heterocycles. The van der Waals surface area contributed by atoms with Crippen molar-refractivity contribution in [3.8, 4) is 0 Å². The number of likely N-dealkylation sites (tertiary alicyclic amines) is 1. The molecule has 3 N–H and O–H groups in total. The first-order chi connectivity index (χ1) is 13.9. The minimum Gasteiger partial charge on any atom is -0.389 e. The van der Waals surface area contributed by atoms with E-state index in [2.05, 4.69) is 37.9 Å². The molecule has 7 heteroatoms. The first-order valence-electron chi connectivity index (χ1n) is 10.1. The quantitative estimate of drug-likeness (QED) is 0.699. The number of hydrogen-bond donors (Lipinski definition) is 3. The molecule has 0 saturated carbocycles. The summed E-state index contributed by atoms with van der Waals surface area (Å²) in [6.07, 6.45) is 5.48. The topological polar surface area (TPSA) is 73.3 Å². The lowest BCUT2D eigenvalue weighted by molar-refractivity contribution is 0.0261. The van der Waals surface area contributed by atoms with Gasteiger partial charge < -0.3 is 15.4 Å². The number of benzene rings is 1. The molecule has 29 heavy (non-hydrogen) atoms. The fourth-order valence-electron chi connectivity index (χ4n) is 4.33. The number of nitrogens with zero attached hydrogens (tertiary/aromatic N) is 3. The van der Waals surface area contributed by atoms with Crippen molar-refractivity contribution in [3.63, 3.8) is 0 Å². The van der Waals surface area contributed by atoms with E-state index < -0.39 is 5.60 Å². The normalized spacial score (nSPS) is 21.4. The van der Waals surface area contributed by atoms with E-state index in [0.29, 0.717) is 12.5 Å². The third-order valence-corrected chi connectivity index (χ3v) is 5.85. The van der Waals surface area contributed by atoms with Crippen molar-refractivity contribution in [2.75, 3.05) is 19.6 Å². The molecule has 1 aromatic heterocycles. The third kappa shape index (κ3) is 4.78. The highest BCUT2D eigenvalue weighted by Crippen LogP contribution is 2.39. The van der Waals surface area contributed by atoms with E-state index in [-0.39, 0.29) is 6.04 Å². The molecule has 2 aliphatic heterocycles. The fourth-order valence-corrected chi connectivity index (χ4v) is 4.46. The average Bonchev–Trinajstić information content (AvgIpc) is 3.14. The Kier molecular flexibility index (Phi) is 5.88. The Morgan fingerprint density at radius 1 is 1.17 bits per heavy atom. The van der Waals surface area contributed by atoms with Crippen molar-refractivity contribution in [1.82, 2.24) is 25.7 Å². The number of aliphatic hydroxyl groups is 1. The zero-order valence-corrected chi connectivity index (χ0v) is 17.7. The highest BCUT2D eigenvalue weighted by Gasteiger charge is 2.34. The monoisotopic (exact) mass is 413 g/mol. The van der Waals surface area contributed by atoms with Gasteiger partial charge in [-0.2, -0.15) is 0 Å². The number of piperidine rings is 1. The first kappa shape index (κ1) is 20.3. The lowest BCUT2D eigenvalue weighted by Gasteiger charge is -2.35. The van der Waals surface area contributed by atoms with Gasteiger partial charge in [0.25, 0.3) is 0 Å². The Hall–Kier alpha value is -1.99. The Balaban J connectivity index is 1.61. The molecule has 154 valence electrons. The van der Waals surface area contributed by atoms with Crippen LogP contribution in [0.2, 0.25) is 5.02 Å². The maximum atomic E-state index is 10.1. The maximum absolute atomic E-state index is 10.1. The van der Waals surface area contributed by atoms with Crippen LogP contribution in [0.1, 0.15) is 44.0 Å². The number of allylic oxidation sites excluding steroid dienone is 1. The van der Waals surface area contributed by atoms with E-state index in [1.54, 1.807) is 12.5 Å². The Morgan fingerprint density at radius 3 is 2.52 bits per heavy atom. The molecule has 0 aliphatic carbocycles. The summed E-state index contributed by atoms with van der Waals surface area (Å²) in [5, 5.41) is 10.8. The molecule has 4 rings (SSSR count). The van der Waals surface area contributed by atoms with Crippen LogP contribution in [0.5, 0.6) is 0 Å². The van der Waals surface area contributed by atoms with Gasteiger partial charge in [-0.15, -0.1) is 0 Å². The summed E-state index contributed by atoms with van der Waals surface area (Å²) in [6.45, 7) is 6.39. The van der Waals surface area contributed by atoms with E-state index in [1.807, 2.05) is 32.0 Å². The van der Waals surface area contributed by atoms with E-state index in [0.717, 1.165) is 42.2 Å². The van der Waals surface area contributed by atoms with Crippen LogP contribution in [0.15, 0.2) is 48.6 Å². The van der Waals surface area contributed by atoms with Crippen molar-refractivity contribution < 1.29 is 5.11 Å². The van der Waals surface area contributed by atoms with Crippen molar-refractivity contribution in [2.24, 2.45) is 5.92 Å². The number of β-amino-alcohol motifs (C(OH)–C–C–N with tert-alkyl or cyclic N) is 1. The molecular weight excluding hydrogens is 386 g/mol. The lowest BCUT2D eigenvalue weighted by Crippen LogP contribution is -2.44. The van der Waals surface area contributed by atoms with Gasteiger partial charge in [0, 0.05) is 35.0 Å². The molecule has 2 aliphatic rings. The van der Waals surface area contributed by atoms with Crippen LogP contribution in [0, 0.1) is 5.92 Å². The maximum Gasteiger partial charge on any atom is 0.116 e. The second-order valence-electron chi connectivity index (χ2n) is 8.54. The molecule has 1 fully saturated rings. The van der Waals surface area contributed by atoms with E-state index in [9.17, 15) is 5.11 Å². The van der Waals surface area contributed by atoms with Gasteiger partial charge in [-0.25, -0.2) is 15.4 Å². The number of halogens is 1. The molecule has 1 aromatic carbocycles. The van der Waals surface area contributed by atoms with Crippen LogP contribution in [0.25, 0.3) is 5.57 Å². The Bertz CT molecular complexity index is 855. The van der Waals surface area contributed by atoms with Crippen molar-refractivity contribution in [3.05, 3.63) is 64.8 Å². The molecular formula is C22H28ClN5O. The molecule has 6 nitrogen and oxygen atoms in total. The van der Waals surface area contributed by atoms with Crippen LogP contribution in [0.4, 0.5) is 0 Å². The van der Waals surface area contributed by atoms with Crippen molar-refractivity contribution in [1.29, 1.82) is 0 Å². The summed E-state index contributed by atoms with van der Waals surface area (Å²) in [5.74, 6) is 0.419. The van der Waals surface area contributed by atoms with Gasteiger partial charge in [0.05, 0.1) is 17.3 Å². The van der Waals surface area contributed by atoms with Gasteiger partial charge in [-0.1, -0.05) is 23.7 Å². The molecule has 1 atom stereocenters. The van der Waals surface area contributed by atoms with E-state index in [4.69, 9.17) is 11.6 Å². The van der Waals surface area contributed by atoms with E-state index >= 15 is 0 Å². The summed E-state index contributed by atoms with van der Waals surface area (Å²) in [5.41, 5.74) is 10.7. The van der Waals surface area contributed by atoms with Gasteiger partial charge in [0.1, 0.15) is 6.33 Å². The first-order valence-corrected chi connectivity index (χ1v) is 10.5. The lowest BCUT2D eigenvalue weighted by atomic mass is 9.87. The molecule has 1 saturated heterocycles. The van der Waals surface area contributed by atoms with Crippen LogP contribution >= 0.6 is 11.6 Å². The van der Waals surface area contributed by atoms with Gasteiger partial charge in [0.15, 0.2) is 0 Å². The van der Waals surface area contributed by atoms with Crippen molar-refractivity contribution in [2.45, 2.75) is 38.3 Å². The smallest absolute Gasteiger partial charge is 0.116 e. The summed E-state index contributed by atoms with van der Waals surface area (Å²) in [6, 6.07) is 9.92. The van der Waals surface area contributed by atoms with Crippen LogP contribution in [-0.2, 0) is 0 Å². The predicted molar refractivity (Wildman–Crippen MR) is 115 cm³/mol. The molecule has 2 aromatic rings. The molecule has 0 amide bonds. The zero-order valence-electron chi connectivity index (χ0n) is 16.9. The van der Waals surface area contributed by atoms with Gasteiger partial charge >= 0.3 is 0 Å². The molecule has 0 radical (unpaired) electrons. The number of hydrogen-bond acceptors (Lipinski definition) is 6. The van der Waals surface area contributed by atoms with Crippen LogP contribution in [0.3, 0.4) is 0 Å². The molecule has 1 unspecified atom stereocenters. The molecule has 0 spiro atoms. The fraction of sp³-hybridized carbons (Fsp3) is 0.455. The van der Waals surface area contributed by atoms with Gasteiger partial charge in [-0.05, 0) is 63.5 Å². The van der Waals surface area contributed by atoms with Gasteiger partial charge in [-0.3, -0.25) is 0 Å². The summed E-state index contributed by atoms with van der Waals surface area (Å²) in [4.78, 5) is 11.0. The Morgan fingerprint density at radius 2 is 1.90 bits per heavy atom. The number of nitrogens with one attached hydrogen (secondary N) is 2. The minimum absolute atomic E-state index is 0.00608. The second-order valence-corrected chi connectivity index (χ2v) is 8.98. The zero-order chi connectivity index (χ0) is 20.4.